The zero-order valence-electron chi connectivity index (χ0n) is 15.1. The highest BCUT2D eigenvalue weighted by atomic mass is 32.2. The number of carbonyl (C=O) groups is 1. The van der Waals surface area contributed by atoms with Crippen LogP contribution in [0.2, 0.25) is 0 Å². The molecule has 0 aliphatic heterocycles. The topological polar surface area (TPSA) is 60.4 Å². The number of benzene rings is 2. The van der Waals surface area contributed by atoms with Gasteiger partial charge in [0.1, 0.15) is 0 Å². The third-order valence-electron chi connectivity index (χ3n) is 3.62. The smallest absolute Gasteiger partial charge is 0.302 e. The molecule has 0 heterocycles. The Bertz CT molecular complexity index is 837. The predicted molar refractivity (Wildman–Crippen MR) is 105 cm³/mol. The highest BCUT2D eigenvalue weighted by Crippen LogP contribution is 2.21. The van der Waals surface area contributed by atoms with Crippen molar-refractivity contribution < 1.29 is 17.9 Å². The molecule has 0 aliphatic rings. The molecular weight excluding hydrogens is 368 g/mol. The highest BCUT2D eigenvalue weighted by Gasteiger charge is 2.14. The summed E-state index contributed by atoms with van der Waals surface area (Å²) in [5, 5.41) is 1.50. The summed E-state index contributed by atoms with van der Waals surface area (Å²) in [6.45, 7) is 5.34. The first-order valence-electron chi connectivity index (χ1n) is 8.16. The molecule has 2 unspecified atom stereocenters. The van der Waals surface area contributed by atoms with Gasteiger partial charge in [0.25, 0.3) is 0 Å². The third-order valence-corrected chi connectivity index (χ3v) is 6.50. The summed E-state index contributed by atoms with van der Waals surface area (Å²) in [7, 11) is -2.90. The molecule has 0 saturated heterocycles. The lowest BCUT2D eigenvalue weighted by Gasteiger charge is -2.09. The lowest BCUT2D eigenvalue weighted by molar-refractivity contribution is -0.140. The fourth-order valence-corrected chi connectivity index (χ4v) is 4.63. The van der Waals surface area contributed by atoms with Crippen LogP contribution in [0.15, 0.2) is 68.6 Å². The molecule has 0 aliphatic carbocycles. The summed E-state index contributed by atoms with van der Waals surface area (Å²) < 4.78 is 30.5. The first-order chi connectivity index (χ1) is 12.4. The lowest BCUT2D eigenvalue weighted by atomic mass is 10.2. The van der Waals surface area contributed by atoms with Crippen LogP contribution in [0.5, 0.6) is 0 Å². The van der Waals surface area contributed by atoms with Crippen molar-refractivity contribution in [3.63, 3.8) is 0 Å². The Morgan fingerprint density at radius 1 is 0.923 bits per heavy atom. The number of rotatable bonds is 7. The molecule has 0 radical (unpaired) electrons. The quantitative estimate of drug-likeness (QED) is 0.670. The summed E-state index contributed by atoms with van der Waals surface area (Å²) >= 11 is 0. The lowest BCUT2D eigenvalue weighted by Crippen LogP contribution is -2.06. The highest BCUT2D eigenvalue weighted by molar-refractivity contribution is 7.92. The van der Waals surface area contributed by atoms with Crippen molar-refractivity contribution in [1.82, 2.24) is 0 Å². The van der Waals surface area contributed by atoms with Crippen LogP contribution in [0, 0.1) is 13.8 Å². The Kier molecular flexibility index (Phi) is 7.48. The zero-order valence-corrected chi connectivity index (χ0v) is 16.7. The first-order valence-corrected chi connectivity index (χ1v) is 10.5. The standard InChI is InChI=1S/C20H22O4S2/c1-15-4-8-18(9-5-15)25(22)14-20(12-13-24-17(3)21)26(23)19-10-6-16(2)7-11-19/h4-11,14H,12-13H2,1-3H3/b20-14+. The van der Waals surface area contributed by atoms with Gasteiger partial charge in [-0.3, -0.25) is 4.79 Å². The molecule has 0 aromatic heterocycles. The van der Waals surface area contributed by atoms with Crippen LogP contribution in [-0.2, 0) is 31.1 Å². The summed E-state index contributed by atoms with van der Waals surface area (Å²) in [5.74, 6) is -0.398. The van der Waals surface area contributed by atoms with E-state index in [2.05, 4.69) is 0 Å². The Morgan fingerprint density at radius 3 is 1.92 bits per heavy atom. The van der Waals surface area contributed by atoms with Gasteiger partial charge in [0.2, 0.25) is 0 Å². The molecular formula is C20H22O4S2. The molecule has 0 N–H and O–H groups in total. The van der Waals surface area contributed by atoms with E-state index in [0.717, 1.165) is 11.1 Å². The van der Waals surface area contributed by atoms with Crippen molar-refractivity contribution >= 4 is 27.6 Å². The van der Waals surface area contributed by atoms with E-state index in [1.54, 1.807) is 24.3 Å². The average Bonchev–Trinajstić information content (AvgIpc) is 2.61. The molecule has 2 atom stereocenters. The normalized spacial score (nSPS) is 13.9. The van der Waals surface area contributed by atoms with Gasteiger partial charge in [-0.15, -0.1) is 0 Å². The molecule has 2 aromatic rings. The molecule has 2 aromatic carbocycles. The van der Waals surface area contributed by atoms with Gasteiger partial charge < -0.3 is 4.74 Å². The molecule has 0 amide bonds. The van der Waals surface area contributed by atoms with Gasteiger partial charge >= 0.3 is 5.97 Å². The molecule has 6 heteroatoms. The number of ether oxygens (including phenoxy) is 1. The predicted octanol–water partition coefficient (Wildman–Crippen LogP) is 4.01. The van der Waals surface area contributed by atoms with E-state index in [9.17, 15) is 13.2 Å². The van der Waals surface area contributed by atoms with Gasteiger partial charge in [0.05, 0.1) is 28.2 Å². The fraction of sp³-hybridized carbons (Fsp3) is 0.250. The van der Waals surface area contributed by atoms with Crippen LogP contribution in [0.3, 0.4) is 0 Å². The Labute approximate surface area is 159 Å². The van der Waals surface area contributed by atoms with E-state index in [1.807, 2.05) is 38.1 Å². The van der Waals surface area contributed by atoms with E-state index in [0.29, 0.717) is 14.7 Å². The van der Waals surface area contributed by atoms with Crippen molar-refractivity contribution in [1.29, 1.82) is 0 Å². The van der Waals surface area contributed by atoms with Gasteiger partial charge in [0.15, 0.2) is 0 Å². The average molecular weight is 391 g/mol. The van der Waals surface area contributed by atoms with E-state index in [-0.39, 0.29) is 13.0 Å². The van der Waals surface area contributed by atoms with Gasteiger partial charge in [0, 0.05) is 33.4 Å². The number of carbonyl (C=O) groups excluding carboxylic acids is 1. The number of hydrogen-bond acceptors (Lipinski definition) is 4. The molecule has 2 rings (SSSR count). The molecule has 0 saturated carbocycles. The van der Waals surface area contributed by atoms with Gasteiger partial charge in [-0.1, -0.05) is 35.4 Å². The largest absolute Gasteiger partial charge is 0.466 e. The van der Waals surface area contributed by atoms with E-state index >= 15 is 0 Å². The van der Waals surface area contributed by atoms with Crippen molar-refractivity contribution in [2.45, 2.75) is 37.0 Å². The fourth-order valence-electron chi connectivity index (χ4n) is 2.16. The monoisotopic (exact) mass is 390 g/mol. The SMILES string of the molecule is CC(=O)OCC/C(=C\S(=O)c1ccc(C)cc1)S(=O)c1ccc(C)cc1. The number of esters is 1. The van der Waals surface area contributed by atoms with Crippen LogP contribution < -0.4 is 0 Å². The second kappa shape index (κ2) is 9.59. The van der Waals surface area contributed by atoms with Crippen LogP contribution in [0.25, 0.3) is 0 Å². The van der Waals surface area contributed by atoms with Crippen LogP contribution in [0.1, 0.15) is 24.5 Å². The van der Waals surface area contributed by atoms with Crippen molar-refractivity contribution in [3.05, 3.63) is 70.0 Å². The summed E-state index contributed by atoms with van der Waals surface area (Å²) in [4.78, 5) is 12.8. The van der Waals surface area contributed by atoms with E-state index in [4.69, 9.17) is 4.74 Å². The maximum atomic E-state index is 12.9. The van der Waals surface area contributed by atoms with Crippen LogP contribution in [0.4, 0.5) is 0 Å². The Hall–Kier alpha value is -2.05. The minimum atomic E-state index is -1.47. The minimum Gasteiger partial charge on any atom is -0.466 e. The summed E-state index contributed by atoms with van der Waals surface area (Å²) in [5.41, 5.74) is 2.15. The second-order valence-electron chi connectivity index (χ2n) is 5.87. The molecule has 26 heavy (non-hydrogen) atoms. The number of aryl methyl sites for hydroxylation is 2. The van der Waals surface area contributed by atoms with Crippen molar-refractivity contribution in [2.24, 2.45) is 0 Å². The van der Waals surface area contributed by atoms with E-state index < -0.39 is 27.6 Å². The maximum absolute atomic E-state index is 12.9. The maximum Gasteiger partial charge on any atom is 0.302 e. The Balaban J connectivity index is 2.28. The molecule has 0 spiro atoms. The Morgan fingerprint density at radius 2 is 1.42 bits per heavy atom. The summed E-state index contributed by atoms with van der Waals surface area (Å²) in [6.07, 6.45) is 0.262. The molecule has 0 bridgehead atoms. The van der Waals surface area contributed by atoms with Crippen molar-refractivity contribution in [2.75, 3.05) is 6.61 Å². The molecule has 4 nitrogen and oxygen atoms in total. The van der Waals surface area contributed by atoms with Crippen LogP contribution >= 0.6 is 0 Å². The molecule has 138 valence electrons. The summed E-state index contributed by atoms with van der Waals surface area (Å²) in [6, 6.07) is 14.7. The number of hydrogen-bond donors (Lipinski definition) is 0. The first kappa shape index (κ1) is 20.3. The van der Waals surface area contributed by atoms with Crippen molar-refractivity contribution in [3.8, 4) is 0 Å². The second-order valence-corrected chi connectivity index (χ2v) is 8.70. The molecule has 0 fully saturated rings. The zero-order chi connectivity index (χ0) is 19.1. The third kappa shape index (κ3) is 6.04. The van der Waals surface area contributed by atoms with Gasteiger partial charge in [-0.05, 0) is 38.1 Å². The van der Waals surface area contributed by atoms with Gasteiger partial charge in [-0.2, -0.15) is 0 Å². The van der Waals surface area contributed by atoms with E-state index in [1.165, 1.54) is 12.3 Å². The van der Waals surface area contributed by atoms with Gasteiger partial charge in [-0.25, -0.2) is 8.42 Å². The minimum absolute atomic E-state index is 0.101. The van der Waals surface area contributed by atoms with Crippen LogP contribution in [-0.4, -0.2) is 21.0 Å².